The molecule has 1 amide bonds. The number of rotatable bonds is 7. The monoisotopic (exact) mass is 268 g/mol. The van der Waals surface area contributed by atoms with E-state index in [0.29, 0.717) is 6.42 Å². The maximum Gasteiger partial charge on any atom is 0.255 e. The van der Waals surface area contributed by atoms with Gasteiger partial charge in [-0.2, -0.15) is 0 Å². The second-order valence-electron chi connectivity index (χ2n) is 3.92. The van der Waals surface area contributed by atoms with Gasteiger partial charge in [-0.3, -0.25) is 4.79 Å². The SMILES string of the molecule is CCC(C)(C(=O)N(CCO)CC(F)F)C(N)=S. The Morgan fingerprint density at radius 3 is 2.41 bits per heavy atom. The highest BCUT2D eigenvalue weighted by Gasteiger charge is 2.38. The van der Waals surface area contributed by atoms with E-state index in [4.69, 9.17) is 23.1 Å². The predicted octanol–water partition coefficient (Wildman–Crippen LogP) is 0.775. The van der Waals surface area contributed by atoms with Crippen molar-refractivity contribution in [2.24, 2.45) is 11.1 Å². The van der Waals surface area contributed by atoms with Crippen LogP contribution in [0.1, 0.15) is 20.3 Å². The molecular weight excluding hydrogens is 250 g/mol. The molecule has 0 aromatic carbocycles. The van der Waals surface area contributed by atoms with Crippen molar-refractivity contribution in [3.8, 4) is 0 Å². The summed E-state index contributed by atoms with van der Waals surface area (Å²) < 4.78 is 24.6. The maximum atomic E-state index is 12.3. The van der Waals surface area contributed by atoms with Gasteiger partial charge in [0, 0.05) is 6.54 Å². The van der Waals surface area contributed by atoms with E-state index in [1.807, 2.05) is 0 Å². The van der Waals surface area contributed by atoms with Gasteiger partial charge >= 0.3 is 0 Å². The van der Waals surface area contributed by atoms with Crippen LogP contribution in [0.15, 0.2) is 0 Å². The summed E-state index contributed by atoms with van der Waals surface area (Å²) in [6.07, 6.45) is -2.33. The van der Waals surface area contributed by atoms with E-state index in [0.717, 1.165) is 4.90 Å². The highest BCUT2D eigenvalue weighted by molar-refractivity contribution is 7.80. The highest BCUT2D eigenvalue weighted by atomic mass is 32.1. The third kappa shape index (κ3) is 4.16. The fourth-order valence-corrected chi connectivity index (χ4v) is 1.57. The Hall–Kier alpha value is -0.820. The number of halogens is 2. The predicted molar refractivity (Wildman–Crippen MR) is 64.9 cm³/mol. The van der Waals surface area contributed by atoms with Gasteiger partial charge in [0.1, 0.15) is 0 Å². The molecule has 3 N–H and O–H groups in total. The number of carbonyl (C=O) groups excluding carboxylic acids is 1. The third-order valence-electron chi connectivity index (χ3n) is 2.74. The normalized spacial score (nSPS) is 14.5. The Bertz CT molecular complexity index is 289. The Balaban J connectivity index is 4.97. The van der Waals surface area contributed by atoms with Gasteiger partial charge in [-0.05, 0) is 13.3 Å². The molecule has 0 spiro atoms. The van der Waals surface area contributed by atoms with E-state index in [1.165, 1.54) is 6.92 Å². The quantitative estimate of drug-likeness (QED) is 0.669. The zero-order chi connectivity index (χ0) is 13.6. The summed E-state index contributed by atoms with van der Waals surface area (Å²) in [4.78, 5) is 12.9. The molecule has 0 aromatic rings. The highest BCUT2D eigenvalue weighted by Crippen LogP contribution is 2.25. The minimum Gasteiger partial charge on any atom is -0.395 e. The number of nitrogens with zero attached hydrogens (tertiary/aromatic N) is 1. The molecule has 0 bridgehead atoms. The lowest BCUT2D eigenvalue weighted by atomic mass is 9.85. The average molecular weight is 268 g/mol. The molecule has 0 saturated carbocycles. The number of nitrogens with two attached hydrogens (primary N) is 1. The summed E-state index contributed by atoms with van der Waals surface area (Å²) in [5, 5.41) is 8.77. The van der Waals surface area contributed by atoms with Crippen LogP contribution in [-0.4, -0.2) is 47.0 Å². The number of aliphatic hydroxyl groups is 1. The largest absolute Gasteiger partial charge is 0.395 e. The Morgan fingerprint density at radius 1 is 1.59 bits per heavy atom. The summed E-state index contributed by atoms with van der Waals surface area (Å²) >= 11 is 4.80. The third-order valence-corrected chi connectivity index (χ3v) is 3.19. The first kappa shape index (κ1) is 16.2. The Kier molecular flexibility index (Phi) is 6.48. The van der Waals surface area contributed by atoms with Crippen LogP contribution >= 0.6 is 12.2 Å². The topological polar surface area (TPSA) is 66.6 Å². The van der Waals surface area contributed by atoms with Gasteiger partial charge in [0.15, 0.2) is 0 Å². The van der Waals surface area contributed by atoms with Crippen LogP contribution in [0, 0.1) is 5.41 Å². The van der Waals surface area contributed by atoms with E-state index >= 15 is 0 Å². The maximum absolute atomic E-state index is 12.3. The number of alkyl halides is 2. The summed E-state index contributed by atoms with van der Waals surface area (Å²) in [5.41, 5.74) is 4.34. The standard InChI is InChI=1S/C10H18F2N2O2S/c1-3-10(2,8(13)17)9(16)14(4-5-15)6-7(11)12/h7,15H,3-6H2,1-2H3,(H2,13,17). The molecule has 0 fully saturated rings. The summed E-state index contributed by atoms with van der Waals surface area (Å²) in [6, 6.07) is 0. The van der Waals surface area contributed by atoms with Gasteiger partial charge in [-0.15, -0.1) is 0 Å². The van der Waals surface area contributed by atoms with E-state index < -0.39 is 24.3 Å². The Morgan fingerprint density at radius 2 is 2.12 bits per heavy atom. The van der Waals surface area contributed by atoms with Crippen molar-refractivity contribution in [1.29, 1.82) is 0 Å². The second kappa shape index (κ2) is 6.80. The second-order valence-corrected chi connectivity index (χ2v) is 4.36. The summed E-state index contributed by atoms with van der Waals surface area (Å²) in [5.74, 6) is -0.568. The first-order chi connectivity index (χ1) is 7.79. The van der Waals surface area contributed by atoms with Crippen molar-refractivity contribution in [3.63, 3.8) is 0 Å². The van der Waals surface area contributed by atoms with E-state index in [9.17, 15) is 13.6 Å². The van der Waals surface area contributed by atoms with Crippen LogP contribution in [-0.2, 0) is 4.79 Å². The number of hydrogen-bond acceptors (Lipinski definition) is 3. The molecule has 0 aliphatic rings. The zero-order valence-electron chi connectivity index (χ0n) is 9.95. The molecule has 0 aliphatic heterocycles. The molecule has 0 rings (SSSR count). The van der Waals surface area contributed by atoms with Crippen molar-refractivity contribution in [2.75, 3.05) is 19.7 Å². The number of carbonyl (C=O) groups is 1. The molecule has 4 nitrogen and oxygen atoms in total. The van der Waals surface area contributed by atoms with Crippen LogP contribution in [0.25, 0.3) is 0 Å². The zero-order valence-corrected chi connectivity index (χ0v) is 10.8. The minimum absolute atomic E-state index is 0.0257. The van der Waals surface area contributed by atoms with Crippen molar-refractivity contribution in [3.05, 3.63) is 0 Å². The fourth-order valence-electron chi connectivity index (χ4n) is 1.34. The molecule has 7 heteroatoms. The lowest BCUT2D eigenvalue weighted by Gasteiger charge is -2.32. The van der Waals surface area contributed by atoms with E-state index in [2.05, 4.69) is 0 Å². The molecule has 0 aliphatic carbocycles. The van der Waals surface area contributed by atoms with Crippen LogP contribution in [0.5, 0.6) is 0 Å². The summed E-state index contributed by atoms with van der Waals surface area (Å²) in [7, 11) is 0. The molecular formula is C10H18F2N2O2S. The molecule has 0 saturated heterocycles. The smallest absolute Gasteiger partial charge is 0.255 e. The van der Waals surface area contributed by atoms with Gasteiger partial charge in [0.05, 0.1) is 23.6 Å². The number of aliphatic hydroxyl groups excluding tert-OH is 1. The van der Waals surface area contributed by atoms with Crippen LogP contribution < -0.4 is 5.73 Å². The first-order valence-corrected chi connectivity index (χ1v) is 5.68. The number of amides is 1. The van der Waals surface area contributed by atoms with E-state index in [1.54, 1.807) is 6.92 Å². The van der Waals surface area contributed by atoms with Crippen LogP contribution in [0.4, 0.5) is 8.78 Å². The fraction of sp³-hybridized carbons (Fsp3) is 0.800. The van der Waals surface area contributed by atoms with Crippen molar-refractivity contribution < 1.29 is 18.7 Å². The summed E-state index contributed by atoms with van der Waals surface area (Å²) in [6.45, 7) is 1.97. The molecule has 100 valence electrons. The molecule has 0 heterocycles. The molecule has 1 atom stereocenters. The van der Waals surface area contributed by atoms with Gasteiger partial charge in [0.25, 0.3) is 6.43 Å². The van der Waals surface area contributed by atoms with Gasteiger partial charge < -0.3 is 15.7 Å². The van der Waals surface area contributed by atoms with Gasteiger partial charge in [-0.1, -0.05) is 19.1 Å². The van der Waals surface area contributed by atoms with Crippen LogP contribution in [0.3, 0.4) is 0 Å². The van der Waals surface area contributed by atoms with Crippen molar-refractivity contribution in [1.82, 2.24) is 4.90 Å². The van der Waals surface area contributed by atoms with Crippen LogP contribution in [0.2, 0.25) is 0 Å². The molecule has 1 unspecified atom stereocenters. The molecule has 0 radical (unpaired) electrons. The van der Waals surface area contributed by atoms with Crippen molar-refractivity contribution >= 4 is 23.1 Å². The lowest BCUT2D eigenvalue weighted by molar-refractivity contribution is -0.140. The van der Waals surface area contributed by atoms with Gasteiger partial charge in [0.2, 0.25) is 5.91 Å². The van der Waals surface area contributed by atoms with Gasteiger partial charge in [-0.25, -0.2) is 8.78 Å². The molecule has 17 heavy (non-hydrogen) atoms. The van der Waals surface area contributed by atoms with Crippen molar-refractivity contribution in [2.45, 2.75) is 26.7 Å². The molecule has 0 aromatic heterocycles. The average Bonchev–Trinajstić information content (AvgIpc) is 2.25. The van der Waals surface area contributed by atoms with E-state index in [-0.39, 0.29) is 18.1 Å². The Labute approximate surface area is 105 Å². The minimum atomic E-state index is -2.65. The number of hydrogen-bond donors (Lipinski definition) is 2. The number of thiocarbonyl (C=S) groups is 1. The first-order valence-electron chi connectivity index (χ1n) is 5.27. The lowest BCUT2D eigenvalue weighted by Crippen LogP contribution is -2.50.